The van der Waals surface area contributed by atoms with E-state index in [1.165, 1.54) is 65.0 Å². The molecule has 0 aromatic heterocycles. The van der Waals surface area contributed by atoms with Gasteiger partial charge in [-0.25, -0.2) is 0 Å². The Morgan fingerprint density at radius 2 is 1.09 bits per heavy atom. The third kappa shape index (κ3) is 9.09. The van der Waals surface area contributed by atoms with Gasteiger partial charge in [0.25, 0.3) is 0 Å². The van der Waals surface area contributed by atoms with Gasteiger partial charge in [0.15, 0.2) is 0 Å². The molecule has 0 aliphatic carbocycles. The van der Waals surface area contributed by atoms with E-state index < -0.39 is 0 Å². The number of piperazine rings is 1. The fourth-order valence-electron chi connectivity index (χ4n) is 2.83. The van der Waals surface area contributed by atoms with Gasteiger partial charge >= 0.3 is 0 Å². The van der Waals surface area contributed by atoms with Crippen molar-refractivity contribution in [3.8, 4) is 0 Å². The second-order valence-corrected chi connectivity index (χ2v) is 6.92. The maximum atomic E-state index is 3.58. The molecular weight excluding hydrogens is 272 g/mol. The van der Waals surface area contributed by atoms with Crippen LogP contribution in [0.2, 0.25) is 0 Å². The summed E-state index contributed by atoms with van der Waals surface area (Å²) in [4.78, 5) is 5.26. The molecule has 0 aromatic carbocycles. The molecule has 1 aliphatic heterocycles. The summed E-state index contributed by atoms with van der Waals surface area (Å²) < 4.78 is 0. The van der Waals surface area contributed by atoms with Gasteiger partial charge in [-0.2, -0.15) is 0 Å². The van der Waals surface area contributed by atoms with Crippen LogP contribution in [0.25, 0.3) is 0 Å². The molecule has 132 valence electrons. The number of rotatable bonds is 12. The smallest absolute Gasteiger partial charge is 0.0110 e. The minimum Gasteiger partial charge on any atom is -0.314 e. The average molecular weight is 313 g/mol. The Morgan fingerprint density at radius 3 is 1.41 bits per heavy atom. The summed E-state index contributed by atoms with van der Waals surface area (Å²) in [6.45, 7) is 18.9. The lowest BCUT2D eigenvalue weighted by Gasteiger charge is -2.34. The SMILES string of the molecule is CCC(C)NCCCN1CCN(CCCNC(C)CC)CC1. The van der Waals surface area contributed by atoms with E-state index >= 15 is 0 Å². The lowest BCUT2D eigenvalue weighted by Crippen LogP contribution is -2.47. The van der Waals surface area contributed by atoms with E-state index in [0.717, 1.165) is 13.1 Å². The Morgan fingerprint density at radius 1 is 0.727 bits per heavy atom. The van der Waals surface area contributed by atoms with E-state index in [4.69, 9.17) is 0 Å². The summed E-state index contributed by atoms with van der Waals surface area (Å²) in [5.74, 6) is 0. The first-order chi connectivity index (χ1) is 10.7. The predicted octanol–water partition coefficient (Wildman–Crippen LogP) is 2.16. The predicted molar refractivity (Wildman–Crippen MR) is 97.6 cm³/mol. The van der Waals surface area contributed by atoms with Crippen molar-refractivity contribution in [2.24, 2.45) is 0 Å². The van der Waals surface area contributed by atoms with Crippen LogP contribution >= 0.6 is 0 Å². The second kappa shape index (κ2) is 12.3. The molecule has 0 saturated carbocycles. The monoisotopic (exact) mass is 312 g/mol. The van der Waals surface area contributed by atoms with E-state index in [1.54, 1.807) is 0 Å². The van der Waals surface area contributed by atoms with Crippen LogP contribution in [0.15, 0.2) is 0 Å². The van der Waals surface area contributed by atoms with Gasteiger partial charge in [-0.1, -0.05) is 13.8 Å². The molecule has 1 fully saturated rings. The summed E-state index contributed by atoms with van der Waals surface area (Å²) in [6, 6.07) is 1.33. The summed E-state index contributed by atoms with van der Waals surface area (Å²) in [5.41, 5.74) is 0. The van der Waals surface area contributed by atoms with Crippen molar-refractivity contribution in [2.75, 3.05) is 52.4 Å². The molecule has 0 radical (unpaired) electrons. The summed E-state index contributed by atoms with van der Waals surface area (Å²) in [5, 5.41) is 7.17. The van der Waals surface area contributed by atoms with Crippen molar-refractivity contribution in [1.82, 2.24) is 20.4 Å². The van der Waals surface area contributed by atoms with Crippen LogP contribution in [-0.2, 0) is 0 Å². The number of nitrogens with one attached hydrogen (secondary N) is 2. The zero-order chi connectivity index (χ0) is 16.2. The zero-order valence-corrected chi connectivity index (χ0v) is 15.5. The van der Waals surface area contributed by atoms with Crippen molar-refractivity contribution in [3.63, 3.8) is 0 Å². The number of nitrogens with zero attached hydrogens (tertiary/aromatic N) is 2. The molecule has 1 rings (SSSR count). The molecule has 22 heavy (non-hydrogen) atoms. The van der Waals surface area contributed by atoms with Crippen LogP contribution in [0.5, 0.6) is 0 Å². The molecule has 0 amide bonds. The standard InChI is InChI=1S/C18H40N4/c1-5-17(3)19-9-7-11-21-13-15-22(16-14-21)12-8-10-20-18(4)6-2/h17-20H,5-16H2,1-4H3. The van der Waals surface area contributed by atoms with Gasteiger partial charge in [0.05, 0.1) is 0 Å². The van der Waals surface area contributed by atoms with Crippen molar-refractivity contribution in [1.29, 1.82) is 0 Å². The fourth-order valence-corrected chi connectivity index (χ4v) is 2.83. The highest BCUT2D eigenvalue weighted by molar-refractivity contribution is 4.73. The summed E-state index contributed by atoms with van der Waals surface area (Å²) in [6.07, 6.45) is 5.02. The molecule has 1 aliphatic rings. The molecule has 0 bridgehead atoms. The van der Waals surface area contributed by atoms with Crippen LogP contribution < -0.4 is 10.6 Å². The molecule has 0 spiro atoms. The molecule has 1 heterocycles. The highest BCUT2D eigenvalue weighted by Gasteiger charge is 2.15. The van der Waals surface area contributed by atoms with Crippen LogP contribution in [0.3, 0.4) is 0 Å². The van der Waals surface area contributed by atoms with E-state index in [0.29, 0.717) is 12.1 Å². The maximum Gasteiger partial charge on any atom is 0.0110 e. The Kier molecular flexibility index (Phi) is 11.1. The molecule has 1 saturated heterocycles. The van der Waals surface area contributed by atoms with Crippen LogP contribution in [0.4, 0.5) is 0 Å². The molecular formula is C18H40N4. The normalized spacial score (nSPS) is 20.2. The van der Waals surface area contributed by atoms with Crippen molar-refractivity contribution < 1.29 is 0 Å². The van der Waals surface area contributed by atoms with Gasteiger partial charge in [-0.15, -0.1) is 0 Å². The Labute approximate surface area is 139 Å². The van der Waals surface area contributed by atoms with E-state index in [9.17, 15) is 0 Å². The van der Waals surface area contributed by atoms with Crippen LogP contribution in [0.1, 0.15) is 53.4 Å². The molecule has 4 heteroatoms. The van der Waals surface area contributed by atoms with Crippen molar-refractivity contribution in [2.45, 2.75) is 65.5 Å². The molecule has 0 aromatic rings. The van der Waals surface area contributed by atoms with E-state index in [-0.39, 0.29) is 0 Å². The third-order valence-electron chi connectivity index (χ3n) is 4.98. The number of hydrogen-bond acceptors (Lipinski definition) is 4. The van der Waals surface area contributed by atoms with Gasteiger partial charge < -0.3 is 20.4 Å². The van der Waals surface area contributed by atoms with E-state index in [2.05, 4.69) is 48.1 Å². The van der Waals surface area contributed by atoms with Crippen molar-refractivity contribution >= 4 is 0 Å². The maximum absolute atomic E-state index is 3.58. The highest BCUT2D eigenvalue weighted by atomic mass is 15.3. The molecule has 2 atom stereocenters. The van der Waals surface area contributed by atoms with Crippen LogP contribution in [-0.4, -0.2) is 74.2 Å². The van der Waals surface area contributed by atoms with Gasteiger partial charge in [0.2, 0.25) is 0 Å². The third-order valence-corrected chi connectivity index (χ3v) is 4.98. The average Bonchev–Trinajstić information content (AvgIpc) is 2.56. The topological polar surface area (TPSA) is 30.5 Å². The quantitative estimate of drug-likeness (QED) is 0.541. The first kappa shape index (κ1) is 19.9. The first-order valence-corrected chi connectivity index (χ1v) is 9.57. The summed E-state index contributed by atoms with van der Waals surface area (Å²) >= 11 is 0. The minimum absolute atomic E-state index is 0.667. The molecule has 4 nitrogen and oxygen atoms in total. The van der Waals surface area contributed by atoms with Gasteiger partial charge in [-0.05, 0) is 65.7 Å². The lowest BCUT2D eigenvalue weighted by molar-refractivity contribution is 0.130. The second-order valence-electron chi connectivity index (χ2n) is 6.92. The van der Waals surface area contributed by atoms with Gasteiger partial charge in [-0.3, -0.25) is 0 Å². The van der Waals surface area contributed by atoms with Crippen molar-refractivity contribution in [3.05, 3.63) is 0 Å². The molecule has 2 N–H and O–H groups in total. The van der Waals surface area contributed by atoms with Gasteiger partial charge in [0, 0.05) is 38.3 Å². The zero-order valence-electron chi connectivity index (χ0n) is 15.5. The Balaban J connectivity index is 1.97. The highest BCUT2D eigenvalue weighted by Crippen LogP contribution is 2.03. The largest absolute Gasteiger partial charge is 0.314 e. The lowest BCUT2D eigenvalue weighted by atomic mass is 10.2. The minimum atomic E-state index is 0.667. The number of hydrogen-bond donors (Lipinski definition) is 2. The van der Waals surface area contributed by atoms with Gasteiger partial charge in [0.1, 0.15) is 0 Å². The fraction of sp³-hybridized carbons (Fsp3) is 1.00. The van der Waals surface area contributed by atoms with Crippen LogP contribution in [0, 0.1) is 0 Å². The Bertz CT molecular complexity index is 225. The first-order valence-electron chi connectivity index (χ1n) is 9.57. The Hall–Kier alpha value is -0.160. The summed E-state index contributed by atoms with van der Waals surface area (Å²) in [7, 11) is 0. The van der Waals surface area contributed by atoms with E-state index in [1.807, 2.05) is 0 Å². The molecule has 2 unspecified atom stereocenters.